The number of nitrogens with zero attached hydrogens (tertiary/aromatic N) is 4. The van der Waals surface area contributed by atoms with Crippen LogP contribution in [0.3, 0.4) is 0 Å². The number of methoxy groups -OCH3 is 2. The van der Waals surface area contributed by atoms with Crippen molar-refractivity contribution < 1.29 is 14.3 Å². The monoisotopic (exact) mass is 473 g/mol. The van der Waals surface area contributed by atoms with Crippen molar-refractivity contribution in [3.8, 4) is 22.9 Å². The van der Waals surface area contributed by atoms with Crippen molar-refractivity contribution in [3.63, 3.8) is 0 Å². The molecule has 9 nitrogen and oxygen atoms in total. The first kappa shape index (κ1) is 23.7. The normalized spacial score (nSPS) is 10.8. The molecule has 0 aliphatic rings. The van der Waals surface area contributed by atoms with E-state index in [4.69, 9.17) is 9.47 Å². The summed E-state index contributed by atoms with van der Waals surface area (Å²) in [6.45, 7) is 6.13. The Balaban J connectivity index is 1.63. The van der Waals surface area contributed by atoms with E-state index < -0.39 is 0 Å². The second-order valence-electron chi connectivity index (χ2n) is 7.90. The minimum Gasteiger partial charge on any atom is -0.497 e. The number of benzene rings is 2. The molecular formula is C26H27N5O4. The number of ether oxygens (including phenoxy) is 2. The largest absolute Gasteiger partial charge is 0.497 e. The fourth-order valence-corrected chi connectivity index (χ4v) is 3.91. The topological polar surface area (TPSA) is 99.8 Å². The molecular weight excluding hydrogens is 446 g/mol. The number of carbonyl (C=O) groups excluding carboxylic acids is 1. The summed E-state index contributed by atoms with van der Waals surface area (Å²) in [5.41, 5.74) is 2.28. The molecule has 0 bridgehead atoms. The van der Waals surface area contributed by atoms with Gasteiger partial charge in [-0.2, -0.15) is 9.50 Å². The van der Waals surface area contributed by atoms with Crippen LogP contribution in [0.1, 0.15) is 17.7 Å². The fourth-order valence-electron chi connectivity index (χ4n) is 3.91. The molecule has 4 aromatic rings. The van der Waals surface area contributed by atoms with E-state index in [9.17, 15) is 9.59 Å². The average molecular weight is 474 g/mol. The van der Waals surface area contributed by atoms with Gasteiger partial charge in [-0.25, -0.2) is 0 Å². The number of nitrogens with one attached hydrogen (secondary N) is 1. The zero-order valence-electron chi connectivity index (χ0n) is 19.9. The Labute approximate surface area is 202 Å². The van der Waals surface area contributed by atoms with Crippen LogP contribution in [0.2, 0.25) is 0 Å². The molecule has 0 radical (unpaired) electrons. The summed E-state index contributed by atoms with van der Waals surface area (Å²) in [6, 6.07) is 14.6. The maximum absolute atomic E-state index is 13.3. The number of allylic oxidation sites excluding steroid dienone is 1. The molecule has 4 rings (SSSR count). The van der Waals surface area contributed by atoms with Gasteiger partial charge in [0, 0.05) is 35.9 Å². The van der Waals surface area contributed by atoms with Crippen molar-refractivity contribution in [2.45, 2.75) is 26.3 Å². The van der Waals surface area contributed by atoms with E-state index in [2.05, 4.69) is 22.0 Å². The summed E-state index contributed by atoms with van der Waals surface area (Å²) in [6.07, 6.45) is 2.08. The Hall–Kier alpha value is -4.40. The molecule has 0 fully saturated rings. The molecule has 1 N–H and O–H groups in total. The van der Waals surface area contributed by atoms with Crippen LogP contribution >= 0.6 is 0 Å². The second-order valence-corrected chi connectivity index (χ2v) is 7.90. The standard InChI is InChI=1S/C26H27N5O4/c1-5-15-30-17(2)20(12-14-23(32)27-21-13-11-19(34-3)16-22(21)35-4)25(33)31-26(30)28-24(29-31)18-9-7-6-8-10-18/h5-11,13,16H,1,12,14-15H2,2-4H3,(H,27,32). The number of aromatic nitrogens is 4. The molecule has 0 atom stereocenters. The third-order valence-corrected chi connectivity index (χ3v) is 5.75. The third-order valence-electron chi connectivity index (χ3n) is 5.75. The van der Waals surface area contributed by atoms with Gasteiger partial charge in [-0.1, -0.05) is 36.4 Å². The fraction of sp³-hybridized carbons (Fsp3) is 0.231. The van der Waals surface area contributed by atoms with Crippen LogP contribution in [-0.2, 0) is 17.8 Å². The number of amides is 1. The van der Waals surface area contributed by atoms with E-state index >= 15 is 0 Å². The van der Waals surface area contributed by atoms with Crippen molar-refractivity contribution in [1.29, 1.82) is 0 Å². The van der Waals surface area contributed by atoms with Gasteiger partial charge < -0.3 is 19.4 Å². The first-order chi connectivity index (χ1) is 17.0. The maximum Gasteiger partial charge on any atom is 0.279 e. The predicted molar refractivity (Wildman–Crippen MR) is 134 cm³/mol. The first-order valence-corrected chi connectivity index (χ1v) is 11.1. The minimum absolute atomic E-state index is 0.102. The van der Waals surface area contributed by atoms with E-state index in [0.29, 0.717) is 40.9 Å². The number of rotatable bonds is 9. The highest BCUT2D eigenvalue weighted by Gasteiger charge is 2.19. The Kier molecular flexibility index (Phi) is 6.96. The average Bonchev–Trinajstić information content (AvgIpc) is 3.33. The van der Waals surface area contributed by atoms with E-state index in [1.807, 2.05) is 41.8 Å². The molecule has 0 spiro atoms. The zero-order valence-corrected chi connectivity index (χ0v) is 19.9. The van der Waals surface area contributed by atoms with Gasteiger partial charge in [-0.3, -0.25) is 9.59 Å². The van der Waals surface area contributed by atoms with Crippen molar-refractivity contribution in [1.82, 2.24) is 19.2 Å². The van der Waals surface area contributed by atoms with Gasteiger partial charge in [0.05, 0.1) is 19.9 Å². The number of anilines is 1. The van der Waals surface area contributed by atoms with Gasteiger partial charge >= 0.3 is 0 Å². The van der Waals surface area contributed by atoms with Crippen LogP contribution in [0, 0.1) is 6.92 Å². The summed E-state index contributed by atoms with van der Waals surface area (Å²) < 4.78 is 13.7. The third kappa shape index (κ3) is 4.79. The summed E-state index contributed by atoms with van der Waals surface area (Å²) in [5, 5.41) is 7.32. The number of fused-ring (bicyclic) bond motifs is 1. The van der Waals surface area contributed by atoms with Gasteiger partial charge in [0.15, 0.2) is 5.82 Å². The van der Waals surface area contributed by atoms with E-state index in [1.165, 1.54) is 11.6 Å². The lowest BCUT2D eigenvalue weighted by Gasteiger charge is -2.14. The van der Waals surface area contributed by atoms with Crippen molar-refractivity contribution in [3.05, 3.63) is 82.8 Å². The Bertz CT molecular complexity index is 1440. The summed E-state index contributed by atoms with van der Waals surface area (Å²) in [4.78, 5) is 30.7. The Morgan fingerprint density at radius 1 is 1.14 bits per heavy atom. The van der Waals surface area contributed by atoms with Crippen LogP contribution in [0.15, 0.2) is 66.0 Å². The molecule has 2 aromatic carbocycles. The van der Waals surface area contributed by atoms with Crippen LogP contribution in [0.4, 0.5) is 5.69 Å². The van der Waals surface area contributed by atoms with Crippen molar-refractivity contribution in [2.24, 2.45) is 0 Å². The number of hydrogen-bond donors (Lipinski definition) is 1. The van der Waals surface area contributed by atoms with E-state index in [0.717, 1.165) is 11.3 Å². The minimum atomic E-state index is -0.290. The number of carbonyl (C=O) groups is 1. The Morgan fingerprint density at radius 2 is 1.91 bits per heavy atom. The molecule has 2 aromatic heterocycles. The lowest BCUT2D eigenvalue weighted by molar-refractivity contribution is -0.116. The highest BCUT2D eigenvalue weighted by molar-refractivity contribution is 5.92. The summed E-state index contributed by atoms with van der Waals surface area (Å²) >= 11 is 0. The highest BCUT2D eigenvalue weighted by atomic mass is 16.5. The van der Waals surface area contributed by atoms with E-state index in [-0.39, 0.29) is 24.3 Å². The van der Waals surface area contributed by atoms with Crippen LogP contribution in [0.25, 0.3) is 17.2 Å². The smallest absolute Gasteiger partial charge is 0.279 e. The lowest BCUT2D eigenvalue weighted by atomic mass is 10.1. The molecule has 2 heterocycles. The predicted octanol–water partition coefficient (Wildman–Crippen LogP) is 3.64. The molecule has 35 heavy (non-hydrogen) atoms. The zero-order chi connectivity index (χ0) is 24.9. The molecule has 9 heteroatoms. The number of hydrogen-bond acceptors (Lipinski definition) is 6. The van der Waals surface area contributed by atoms with Gasteiger partial charge in [0.2, 0.25) is 11.7 Å². The Morgan fingerprint density at radius 3 is 2.60 bits per heavy atom. The summed E-state index contributed by atoms with van der Waals surface area (Å²) in [5.74, 6) is 1.75. The van der Waals surface area contributed by atoms with E-state index in [1.54, 1.807) is 31.4 Å². The van der Waals surface area contributed by atoms with Crippen LogP contribution in [0.5, 0.6) is 11.5 Å². The molecule has 0 unspecified atom stereocenters. The van der Waals surface area contributed by atoms with Crippen molar-refractivity contribution >= 4 is 17.4 Å². The van der Waals surface area contributed by atoms with Gasteiger partial charge in [0.25, 0.3) is 5.56 Å². The molecule has 1 amide bonds. The first-order valence-electron chi connectivity index (χ1n) is 11.1. The molecule has 0 saturated heterocycles. The van der Waals surface area contributed by atoms with Crippen LogP contribution < -0.4 is 20.3 Å². The molecule has 0 aliphatic carbocycles. The summed E-state index contributed by atoms with van der Waals surface area (Å²) in [7, 11) is 3.08. The second kappa shape index (κ2) is 10.3. The molecule has 0 saturated carbocycles. The van der Waals surface area contributed by atoms with Gasteiger partial charge in [0.1, 0.15) is 11.5 Å². The van der Waals surface area contributed by atoms with Gasteiger partial charge in [-0.15, -0.1) is 11.7 Å². The quantitative estimate of drug-likeness (QED) is 0.373. The van der Waals surface area contributed by atoms with Crippen LogP contribution in [-0.4, -0.2) is 39.3 Å². The molecule has 180 valence electrons. The van der Waals surface area contributed by atoms with Gasteiger partial charge in [-0.05, 0) is 25.5 Å². The SMILES string of the molecule is C=CCn1c(C)c(CCC(=O)Nc2ccc(OC)cc2OC)c(=O)n2nc(-c3ccccc3)nc12. The maximum atomic E-state index is 13.3. The molecule has 0 aliphatic heterocycles. The highest BCUT2D eigenvalue weighted by Crippen LogP contribution is 2.29. The van der Waals surface area contributed by atoms with Crippen molar-refractivity contribution in [2.75, 3.05) is 19.5 Å². The lowest BCUT2D eigenvalue weighted by Crippen LogP contribution is -2.27.